The van der Waals surface area contributed by atoms with Crippen LogP contribution in [0.4, 0.5) is 5.82 Å². The van der Waals surface area contributed by atoms with Crippen molar-refractivity contribution in [1.82, 2.24) is 4.98 Å². The third-order valence-corrected chi connectivity index (χ3v) is 3.90. The molecule has 2 aromatic carbocycles. The van der Waals surface area contributed by atoms with E-state index in [-0.39, 0.29) is 11.8 Å². The molecule has 5 heteroatoms. The minimum Gasteiger partial charge on any atom is -0.268 e. The second-order valence-corrected chi connectivity index (χ2v) is 5.43. The number of amides is 2. The van der Waals surface area contributed by atoms with Gasteiger partial charge in [-0.1, -0.05) is 29.8 Å². The van der Waals surface area contributed by atoms with E-state index in [1.165, 1.54) is 0 Å². The molecular weight excluding hydrogens is 300 g/mol. The molecule has 0 unspecified atom stereocenters. The van der Waals surface area contributed by atoms with Crippen molar-refractivity contribution in [3.05, 3.63) is 70.7 Å². The Morgan fingerprint density at radius 2 is 1.50 bits per heavy atom. The maximum atomic E-state index is 12.4. The Morgan fingerprint density at radius 1 is 0.864 bits per heavy atom. The largest absolute Gasteiger partial charge is 0.268 e. The lowest BCUT2D eigenvalue weighted by molar-refractivity contribution is 0.0925. The quantitative estimate of drug-likeness (QED) is 0.644. The summed E-state index contributed by atoms with van der Waals surface area (Å²) < 4.78 is 0. The van der Waals surface area contributed by atoms with Crippen molar-refractivity contribution in [3.63, 3.8) is 0 Å². The predicted molar refractivity (Wildman–Crippen MR) is 84.3 cm³/mol. The van der Waals surface area contributed by atoms with Crippen LogP contribution in [-0.4, -0.2) is 16.8 Å². The maximum Gasteiger partial charge on any atom is 0.267 e. The zero-order valence-corrected chi connectivity index (χ0v) is 12.0. The maximum absolute atomic E-state index is 12.4. The lowest BCUT2D eigenvalue weighted by Crippen LogP contribution is -2.30. The molecule has 0 spiro atoms. The number of pyridine rings is 1. The van der Waals surface area contributed by atoms with Crippen molar-refractivity contribution in [2.45, 2.75) is 0 Å². The summed E-state index contributed by atoms with van der Waals surface area (Å²) in [6, 6.07) is 15.6. The van der Waals surface area contributed by atoms with Gasteiger partial charge in [0, 0.05) is 10.4 Å². The van der Waals surface area contributed by atoms with Crippen molar-refractivity contribution >= 4 is 40.1 Å². The van der Waals surface area contributed by atoms with Crippen LogP contribution in [0.1, 0.15) is 20.7 Å². The Morgan fingerprint density at radius 3 is 2.18 bits per heavy atom. The zero-order chi connectivity index (χ0) is 15.3. The summed E-state index contributed by atoms with van der Waals surface area (Å²) in [5.74, 6) is -0.398. The number of imide groups is 1. The van der Waals surface area contributed by atoms with Gasteiger partial charge >= 0.3 is 0 Å². The first kappa shape index (κ1) is 13.0. The highest BCUT2D eigenvalue weighted by Gasteiger charge is 2.37. The fourth-order valence-electron chi connectivity index (χ4n) is 2.60. The molecule has 106 valence electrons. The standard InChI is InChI=1S/C17H9ClN2O2/c18-11-7-5-10-6-8-15(19-14(10)9-11)20-16(21)12-3-1-2-4-13(12)17(20)22/h1-9H. The molecule has 0 bridgehead atoms. The van der Waals surface area contributed by atoms with Crippen molar-refractivity contribution in [2.24, 2.45) is 0 Å². The van der Waals surface area contributed by atoms with Gasteiger partial charge in [0.1, 0.15) is 5.82 Å². The van der Waals surface area contributed by atoms with Gasteiger partial charge in [-0.2, -0.15) is 0 Å². The number of anilines is 1. The van der Waals surface area contributed by atoms with Gasteiger partial charge in [-0.15, -0.1) is 0 Å². The first-order valence-corrected chi connectivity index (χ1v) is 7.07. The van der Waals surface area contributed by atoms with Crippen molar-refractivity contribution in [2.75, 3.05) is 4.90 Å². The van der Waals surface area contributed by atoms with Crippen LogP contribution in [-0.2, 0) is 0 Å². The lowest BCUT2D eigenvalue weighted by Gasteiger charge is -2.13. The van der Waals surface area contributed by atoms with E-state index < -0.39 is 0 Å². The first-order valence-electron chi connectivity index (χ1n) is 6.69. The predicted octanol–water partition coefficient (Wildman–Crippen LogP) is 3.69. The molecule has 3 aromatic rings. The van der Waals surface area contributed by atoms with Gasteiger partial charge in [0.05, 0.1) is 16.6 Å². The zero-order valence-electron chi connectivity index (χ0n) is 11.3. The van der Waals surface area contributed by atoms with Crippen molar-refractivity contribution < 1.29 is 9.59 Å². The van der Waals surface area contributed by atoms with E-state index in [0.29, 0.717) is 27.5 Å². The third kappa shape index (κ3) is 1.81. The van der Waals surface area contributed by atoms with E-state index in [9.17, 15) is 9.59 Å². The number of fused-ring (bicyclic) bond motifs is 2. The van der Waals surface area contributed by atoms with Gasteiger partial charge in [-0.05, 0) is 36.4 Å². The van der Waals surface area contributed by atoms with Crippen LogP contribution in [0.5, 0.6) is 0 Å². The minimum absolute atomic E-state index is 0.306. The normalized spacial score (nSPS) is 13.8. The number of aromatic nitrogens is 1. The topological polar surface area (TPSA) is 50.3 Å². The van der Waals surface area contributed by atoms with Crippen LogP contribution in [0.15, 0.2) is 54.6 Å². The summed E-state index contributed by atoms with van der Waals surface area (Å²) in [5, 5.41) is 1.45. The SMILES string of the molecule is O=C1c2ccccc2C(=O)N1c1ccc2ccc(Cl)cc2n1. The van der Waals surface area contributed by atoms with Crippen LogP contribution in [0.25, 0.3) is 10.9 Å². The molecule has 0 fully saturated rings. The number of nitrogens with zero attached hydrogens (tertiary/aromatic N) is 2. The van der Waals surface area contributed by atoms with E-state index in [1.54, 1.807) is 42.5 Å². The Balaban J connectivity index is 1.86. The monoisotopic (exact) mass is 308 g/mol. The minimum atomic E-state index is -0.352. The summed E-state index contributed by atoms with van der Waals surface area (Å²) in [4.78, 5) is 30.4. The molecule has 22 heavy (non-hydrogen) atoms. The molecule has 1 aliphatic heterocycles. The second-order valence-electron chi connectivity index (χ2n) is 5.00. The summed E-state index contributed by atoms with van der Waals surface area (Å²) in [5.41, 5.74) is 1.45. The van der Waals surface area contributed by atoms with Gasteiger partial charge in [-0.3, -0.25) is 9.59 Å². The van der Waals surface area contributed by atoms with Crippen LogP contribution in [0.2, 0.25) is 5.02 Å². The van der Waals surface area contributed by atoms with Crippen LogP contribution < -0.4 is 4.90 Å². The Kier molecular flexibility index (Phi) is 2.74. The van der Waals surface area contributed by atoms with Crippen molar-refractivity contribution in [3.8, 4) is 0 Å². The van der Waals surface area contributed by atoms with E-state index in [4.69, 9.17) is 11.6 Å². The van der Waals surface area contributed by atoms with Crippen LogP contribution in [0, 0.1) is 0 Å². The molecular formula is C17H9ClN2O2. The molecule has 4 rings (SSSR count). The van der Waals surface area contributed by atoms with E-state index in [2.05, 4.69) is 4.98 Å². The fourth-order valence-corrected chi connectivity index (χ4v) is 2.77. The third-order valence-electron chi connectivity index (χ3n) is 3.66. The summed E-state index contributed by atoms with van der Waals surface area (Å²) in [6.07, 6.45) is 0. The van der Waals surface area contributed by atoms with Gasteiger partial charge in [0.2, 0.25) is 0 Å². The smallest absolute Gasteiger partial charge is 0.267 e. The highest BCUT2D eigenvalue weighted by Crippen LogP contribution is 2.28. The van der Waals surface area contributed by atoms with Gasteiger partial charge in [-0.25, -0.2) is 9.88 Å². The highest BCUT2D eigenvalue weighted by molar-refractivity contribution is 6.34. The summed E-state index contributed by atoms with van der Waals surface area (Å²) >= 11 is 5.97. The lowest BCUT2D eigenvalue weighted by atomic mass is 10.1. The van der Waals surface area contributed by atoms with E-state index in [1.807, 2.05) is 12.1 Å². The van der Waals surface area contributed by atoms with Gasteiger partial charge < -0.3 is 0 Å². The number of benzene rings is 2. The molecule has 1 aromatic heterocycles. The molecule has 0 saturated heterocycles. The van der Waals surface area contributed by atoms with Gasteiger partial charge in [0.15, 0.2) is 0 Å². The second kappa shape index (κ2) is 4.64. The van der Waals surface area contributed by atoms with E-state index in [0.717, 1.165) is 10.3 Å². The van der Waals surface area contributed by atoms with Crippen molar-refractivity contribution in [1.29, 1.82) is 0 Å². The molecule has 0 aliphatic carbocycles. The average Bonchev–Trinajstić information content (AvgIpc) is 2.79. The molecule has 2 amide bonds. The number of carbonyl (C=O) groups excluding carboxylic acids is 2. The number of hydrogen-bond acceptors (Lipinski definition) is 3. The summed E-state index contributed by atoms with van der Waals surface area (Å²) in [7, 11) is 0. The van der Waals surface area contributed by atoms with Gasteiger partial charge in [0.25, 0.3) is 11.8 Å². The Labute approximate surface area is 131 Å². The molecule has 0 saturated carbocycles. The number of carbonyl (C=O) groups is 2. The van der Waals surface area contributed by atoms with Crippen LogP contribution in [0.3, 0.4) is 0 Å². The first-order chi connectivity index (χ1) is 10.6. The Bertz CT molecular complexity index is 917. The van der Waals surface area contributed by atoms with E-state index >= 15 is 0 Å². The fraction of sp³-hybridized carbons (Fsp3) is 0. The molecule has 0 N–H and O–H groups in total. The number of halogens is 1. The molecule has 4 nitrogen and oxygen atoms in total. The molecule has 2 heterocycles. The number of rotatable bonds is 1. The highest BCUT2D eigenvalue weighted by atomic mass is 35.5. The number of hydrogen-bond donors (Lipinski definition) is 0. The molecule has 0 atom stereocenters. The average molecular weight is 309 g/mol. The molecule has 0 radical (unpaired) electrons. The Hall–Kier alpha value is -2.72. The summed E-state index contributed by atoms with van der Waals surface area (Å²) in [6.45, 7) is 0. The molecule has 1 aliphatic rings. The van der Waals surface area contributed by atoms with Crippen LogP contribution >= 0.6 is 11.6 Å².